The summed E-state index contributed by atoms with van der Waals surface area (Å²) in [6.45, 7) is 4.15. The first-order valence-corrected chi connectivity index (χ1v) is 7.84. The number of aromatic nitrogens is 1. The molecule has 0 spiro atoms. The van der Waals surface area contributed by atoms with Gasteiger partial charge in [-0.3, -0.25) is 15.2 Å². The van der Waals surface area contributed by atoms with Crippen molar-refractivity contribution in [2.75, 3.05) is 11.4 Å². The maximum atomic E-state index is 12.5. The molecule has 1 N–H and O–H groups in total. The minimum atomic E-state index is -0.843. The van der Waals surface area contributed by atoms with Crippen LogP contribution in [0.1, 0.15) is 13.8 Å². The molecule has 5 nitrogen and oxygen atoms in total. The average molecular weight is 324 g/mol. The van der Waals surface area contributed by atoms with E-state index in [1.165, 1.54) is 0 Å². The van der Waals surface area contributed by atoms with E-state index in [1.54, 1.807) is 18.5 Å². The lowest BCUT2D eigenvalue weighted by Crippen LogP contribution is -2.55. The van der Waals surface area contributed by atoms with Crippen molar-refractivity contribution in [2.24, 2.45) is 5.41 Å². The molecule has 0 bridgehead atoms. The van der Waals surface area contributed by atoms with Gasteiger partial charge in [0.05, 0.1) is 16.1 Å². The number of anilines is 1. The Hall–Kier alpha value is -2.31. The van der Waals surface area contributed by atoms with Crippen LogP contribution in [0.3, 0.4) is 0 Å². The molecule has 116 valence electrons. The second kappa shape index (κ2) is 5.11. The molecule has 0 saturated carbocycles. The summed E-state index contributed by atoms with van der Waals surface area (Å²) in [7, 11) is 2.67. The van der Waals surface area contributed by atoms with Crippen LogP contribution in [0.5, 0.6) is 0 Å². The number of fused-ring (bicyclic) bond motifs is 1. The van der Waals surface area contributed by atoms with Crippen molar-refractivity contribution in [3.63, 3.8) is 0 Å². The van der Waals surface area contributed by atoms with E-state index in [4.69, 9.17) is 5.41 Å². The molecule has 1 aliphatic heterocycles. The highest BCUT2D eigenvalue weighted by atomic mass is 31.0. The standard InChI is InChI=1S/C17H17N4OP/c1-16(2)13-5-8-21(12-3-6-20-7-4-12)15(19)17(13,23)9-11(10-18)14(16)22/h3-7,9,19H,8,23H2,1-2H3/t17-/m0/s1. The molecule has 1 unspecified atom stereocenters. The minimum absolute atomic E-state index is 0.114. The van der Waals surface area contributed by atoms with Gasteiger partial charge in [-0.1, -0.05) is 6.08 Å². The predicted molar refractivity (Wildman–Crippen MR) is 92.3 cm³/mol. The Morgan fingerprint density at radius 1 is 1.39 bits per heavy atom. The van der Waals surface area contributed by atoms with Crippen molar-refractivity contribution in [2.45, 2.75) is 19.0 Å². The number of Topliss-reactive ketones (excluding diaryl/α,β-unsaturated/α-hetero) is 1. The number of pyridine rings is 1. The van der Waals surface area contributed by atoms with Crippen LogP contribution >= 0.6 is 9.24 Å². The lowest BCUT2D eigenvalue weighted by atomic mass is 9.65. The van der Waals surface area contributed by atoms with Crippen molar-refractivity contribution in [1.29, 1.82) is 10.7 Å². The molecule has 0 aromatic carbocycles. The van der Waals surface area contributed by atoms with Crippen LogP contribution in [0, 0.1) is 22.2 Å². The average Bonchev–Trinajstić information content (AvgIpc) is 2.54. The van der Waals surface area contributed by atoms with Gasteiger partial charge < -0.3 is 4.90 Å². The number of nitrogens with one attached hydrogen (secondary N) is 1. The molecule has 0 saturated heterocycles. The molecule has 0 radical (unpaired) electrons. The normalized spacial score (nSPS) is 26.1. The van der Waals surface area contributed by atoms with Crippen LogP contribution in [0.4, 0.5) is 5.69 Å². The molecule has 2 aliphatic rings. The quantitative estimate of drug-likeness (QED) is 0.635. The van der Waals surface area contributed by atoms with Crippen LogP contribution in [-0.2, 0) is 4.79 Å². The second-order valence-corrected chi connectivity index (χ2v) is 7.19. The number of carbonyl (C=O) groups is 1. The van der Waals surface area contributed by atoms with E-state index in [2.05, 4.69) is 14.2 Å². The molecule has 6 heteroatoms. The molecular weight excluding hydrogens is 307 g/mol. The third-order valence-electron chi connectivity index (χ3n) is 4.54. The number of hydrogen-bond donors (Lipinski definition) is 1. The zero-order chi connectivity index (χ0) is 16.8. The van der Waals surface area contributed by atoms with E-state index in [0.29, 0.717) is 12.4 Å². The summed E-state index contributed by atoms with van der Waals surface area (Å²) < 4.78 is 0. The first kappa shape index (κ1) is 15.6. The SMILES string of the molecule is CC1(C)C(=O)C(C#N)=C[C@@]2(P)C(=N)N(c3ccncc3)CC=C12. The molecular formula is C17H17N4OP. The Labute approximate surface area is 137 Å². The molecule has 1 aliphatic carbocycles. The van der Waals surface area contributed by atoms with Crippen molar-refractivity contribution in [1.82, 2.24) is 4.98 Å². The third kappa shape index (κ3) is 2.14. The molecule has 1 aromatic rings. The second-order valence-electron chi connectivity index (χ2n) is 6.28. The van der Waals surface area contributed by atoms with Gasteiger partial charge >= 0.3 is 0 Å². The van der Waals surface area contributed by atoms with Gasteiger partial charge in [0.15, 0.2) is 5.78 Å². The maximum absolute atomic E-state index is 12.5. The van der Waals surface area contributed by atoms with Crippen molar-refractivity contribution in [3.8, 4) is 6.07 Å². The summed E-state index contributed by atoms with van der Waals surface area (Å²) in [5, 5.41) is 17.2. The van der Waals surface area contributed by atoms with E-state index >= 15 is 0 Å². The highest BCUT2D eigenvalue weighted by molar-refractivity contribution is 7.22. The van der Waals surface area contributed by atoms with E-state index in [-0.39, 0.29) is 11.4 Å². The Balaban J connectivity index is 2.17. The Morgan fingerprint density at radius 2 is 2.04 bits per heavy atom. The topological polar surface area (TPSA) is 80.8 Å². The minimum Gasteiger partial charge on any atom is -0.325 e. The van der Waals surface area contributed by atoms with Crippen molar-refractivity contribution < 1.29 is 4.79 Å². The first-order chi connectivity index (χ1) is 10.8. The van der Waals surface area contributed by atoms with E-state index in [1.807, 2.05) is 43.0 Å². The van der Waals surface area contributed by atoms with Crippen molar-refractivity contribution in [3.05, 3.63) is 47.8 Å². The third-order valence-corrected chi connectivity index (χ3v) is 5.29. The molecule has 1 aromatic heterocycles. The van der Waals surface area contributed by atoms with Crippen LogP contribution in [-0.4, -0.2) is 28.3 Å². The fourth-order valence-corrected chi connectivity index (χ4v) is 4.11. The summed E-state index contributed by atoms with van der Waals surface area (Å²) in [6.07, 6.45) is 6.96. The summed E-state index contributed by atoms with van der Waals surface area (Å²) in [6, 6.07) is 5.67. The number of rotatable bonds is 1. The monoisotopic (exact) mass is 324 g/mol. The van der Waals surface area contributed by atoms with Crippen LogP contribution < -0.4 is 4.90 Å². The summed E-state index contributed by atoms with van der Waals surface area (Å²) in [5.74, 6) is 0.147. The molecule has 2 heterocycles. The Kier molecular flexibility index (Phi) is 3.46. The van der Waals surface area contributed by atoms with E-state index in [9.17, 15) is 10.1 Å². The highest BCUT2D eigenvalue weighted by Gasteiger charge is 2.52. The number of nitriles is 1. The number of allylic oxidation sites excluding steroid dienone is 1. The molecule has 23 heavy (non-hydrogen) atoms. The number of amidine groups is 1. The molecule has 0 fully saturated rings. The van der Waals surface area contributed by atoms with Gasteiger partial charge in [-0.15, -0.1) is 9.24 Å². The Bertz CT molecular complexity index is 804. The van der Waals surface area contributed by atoms with Crippen LogP contribution in [0.2, 0.25) is 0 Å². The van der Waals surface area contributed by atoms with Crippen LogP contribution in [0.25, 0.3) is 0 Å². The van der Waals surface area contributed by atoms with Gasteiger partial charge in [0, 0.05) is 24.6 Å². The first-order valence-electron chi connectivity index (χ1n) is 7.26. The van der Waals surface area contributed by atoms with Gasteiger partial charge in [0.2, 0.25) is 0 Å². The van der Waals surface area contributed by atoms with Crippen LogP contribution in [0.15, 0.2) is 47.8 Å². The summed E-state index contributed by atoms with van der Waals surface area (Å²) >= 11 is 0. The number of carbonyl (C=O) groups excluding carboxylic acids is 1. The molecule has 0 amide bonds. The van der Waals surface area contributed by atoms with Crippen molar-refractivity contribution >= 4 is 26.5 Å². The zero-order valence-corrected chi connectivity index (χ0v) is 14.2. The highest BCUT2D eigenvalue weighted by Crippen LogP contribution is 2.50. The summed E-state index contributed by atoms with van der Waals surface area (Å²) in [4.78, 5) is 18.4. The fraction of sp³-hybridized carbons (Fsp3) is 0.294. The fourth-order valence-electron chi connectivity index (χ4n) is 3.31. The zero-order valence-electron chi connectivity index (χ0n) is 13.0. The Morgan fingerprint density at radius 3 is 2.65 bits per heavy atom. The largest absolute Gasteiger partial charge is 0.325 e. The smallest absolute Gasteiger partial charge is 0.182 e. The molecule has 3 rings (SSSR count). The number of hydrogen-bond acceptors (Lipinski definition) is 4. The van der Waals surface area contributed by atoms with Gasteiger partial charge in [0.1, 0.15) is 11.9 Å². The van der Waals surface area contributed by atoms with Gasteiger partial charge in [-0.2, -0.15) is 5.26 Å². The predicted octanol–water partition coefficient (Wildman–Crippen LogP) is 2.48. The maximum Gasteiger partial charge on any atom is 0.182 e. The number of ketones is 1. The van der Waals surface area contributed by atoms with Gasteiger partial charge in [-0.05, 0) is 37.6 Å². The lowest BCUT2D eigenvalue weighted by molar-refractivity contribution is -0.121. The van der Waals surface area contributed by atoms with Gasteiger partial charge in [0.25, 0.3) is 0 Å². The summed E-state index contributed by atoms with van der Waals surface area (Å²) in [5.41, 5.74) is 1.04. The van der Waals surface area contributed by atoms with E-state index < -0.39 is 10.6 Å². The number of nitrogens with zero attached hydrogens (tertiary/aromatic N) is 3. The van der Waals surface area contributed by atoms with Gasteiger partial charge in [-0.25, -0.2) is 0 Å². The van der Waals surface area contributed by atoms with E-state index in [0.717, 1.165) is 11.3 Å². The lowest BCUT2D eigenvalue weighted by Gasteiger charge is -2.47. The molecule has 2 atom stereocenters.